The van der Waals surface area contributed by atoms with Crippen molar-refractivity contribution in [3.05, 3.63) is 29.8 Å². The quantitative estimate of drug-likeness (QED) is 0.700. The predicted molar refractivity (Wildman–Crippen MR) is 81.8 cm³/mol. The van der Waals surface area contributed by atoms with Crippen LogP contribution in [-0.4, -0.2) is 22.9 Å². The molecule has 1 aliphatic rings. The number of carbonyl (C=O) groups is 1. The molecule has 2 heterocycles. The fourth-order valence-electron chi connectivity index (χ4n) is 2.21. The molecule has 3 rings (SSSR count). The fourth-order valence-corrected chi connectivity index (χ4v) is 3.03. The fraction of sp³-hybridized carbons (Fsp3) is 0.154. The van der Waals surface area contributed by atoms with Crippen LogP contribution in [0.15, 0.2) is 34.3 Å². The molecule has 0 aliphatic carbocycles. The van der Waals surface area contributed by atoms with E-state index in [9.17, 15) is 4.79 Å². The van der Waals surface area contributed by atoms with E-state index >= 15 is 0 Å². The average Bonchev–Trinajstić information content (AvgIpc) is 2.63. The second kappa shape index (κ2) is 4.90. The third kappa shape index (κ3) is 2.39. The van der Waals surface area contributed by atoms with Crippen LogP contribution < -0.4 is 22.1 Å². The third-order valence-electron chi connectivity index (χ3n) is 3.25. The number of nitrogen functional groups attached to an aromatic ring is 2. The molecule has 0 bridgehead atoms. The molecule has 0 radical (unpaired) electrons. The van der Waals surface area contributed by atoms with Gasteiger partial charge in [0.05, 0.1) is 0 Å². The normalized spacial score (nSPS) is 17.1. The van der Waals surface area contributed by atoms with Crippen LogP contribution in [-0.2, 0) is 4.79 Å². The van der Waals surface area contributed by atoms with Gasteiger partial charge in [-0.1, -0.05) is 6.07 Å². The van der Waals surface area contributed by atoms with Gasteiger partial charge in [0.2, 0.25) is 5.91 Å². The van der Waals surface area contributed by atoms with E-state index in [1.54, 1.807) is 11.9 Å². The van der Waals surface area contributed by atoms with Crippen molar-refractivity contribution >= 4 is 35.0 Å². The number of amides is 1. The minimum Gasteiger partial charge on any atom is -0.383 e. The van der Waals surface area contributed by atoms with Gasteiger partial charge >= 0.3 is 0 Å². The Hall–Kier alpha value is -2.32. The number of hydrogen-bond acceptors (Lipinski definition) is 7. The molecule has 0 saturated heterocycles. The van der Waals surface area contributed by atoms with Crippen molar-refractivity contribution in [2.45, 2.75) is 16.1 Å². The number of carbonyl (C=O) groups excluding carboxylic acids is 1. The van der Waals surface area contributed by atoms with Crippen LogP contribution in [0.2, 0.25) is 0 Å². The summed E-state index contributed by atoms with van der Waals surface area (Å²) in [5, 5.41) is 0.462. The molecule has 1 aromatic carbocycles. The number of likely N-dealkylation sites (N-methyl/N-ethyl adjacent to an activating group) is 1. The van der Waals surface area contributed by atoms with Crippen LogP contribution in [0, 0.1) is 0 Å². The highest BCUT2D eigenvalue weighted by atomic mass is 32.2. The van der Waals surface area contributed by atoms with Crippen LogP contribution in [0.3, 0.4) is 0 Å². The van der Waals surface area contributed by atoms with Crippen molar-refractivity contribution in [1.29, 1.82) is 0 Å². The summed E-state index contributed by atoms with van der Waals surface area (Å²) in [5.41, 5.74) is 18.8. The van der Waals surface area contributed by atoms with E-state index in [2.05, 4.69) is 9.97 Å². The molecule has 7 nitrogen and oxygen atoms in total. The molecule has 0 spiro atoms. The Kier molecular flexibility index (Phi) is 3.19. The van der Waals surface area contributed by atoms with Gasteiger partial charge in [-0.25, -0.2) is 9.97 Å². The number of benzene rings is 1. The molecular weight excluding hydrogens is 288 g/mol. The molecule has 1 unspecified atom stereocenters. The van der Waals surface area contributed by atoms with Crippen molar-refractivity contribution in [2.24, 2.45) is 5.73 Å². The Balaban J connectivity index is 1.93. The molecule has 6 N–H and O–H groups in total. The van der Waals surface area contributed by atoms with Crippen molar-refractivity contribution in [3.63, 3.8) is 0 Å². The molecular formula is C13H14N6OS. The van der Waals surface area contributed by atoms with Crippen molar-refractivity contribution < 1.29 is 4.79 Å². The predicted octanol–water partition coefficient (Wildman–Crippen LogP) is 0.768. The molecule has 1 aliphatic heterocycles. The third-order valence-corrected chi connectivity index (χ3v) is 4.10. The van der Waals surface area contributed by atoms with E-state index in [1.165, 1.54) is 17.8 Å². The smallest absolute Gasteiger partial charge is 0.248 e. The van der Waals surface area contributed by atoms with Crippen molar-refractivity contribution in [3.8, 4) is 0 Å². The minimum atomic E-state index is -0.594. The molecule has 1 amide bonds. The van der Waals surface area contributed by atoms with E-state index in [0.717, 1.165) is 16.1 Å². The Morgan fingerprint density at radius 3 is 2.52 bits per heavy atom. The first kappa shape index (κ1) is 13.7. The Bertz CT molecular complexity index is 714. The highest BCUT2D eigenvalue weighted by molar-refractivity contribution is 7.99. The van der Waals surface area contributed by atoms with E-state index in [0.29, 0.717) is 16.8 Å². The van der Waals surface area contributed by atoms with Gasteiger partial charge in [-0.05, 0) is 23.9 Å². The number of hydrogen-bond donors (Lipinski definition) is 3. The summed E-state index contributed by atoms with van der Waals surface area (Å²) in [6.07, 6.45) is 0. The molecule has 21 heavy (non-hydrogen) atoms. The monoisotopic (exact) mass is 302 g/mol. The van der Waals surface area contributed by atoms with Gasteiger partial charge in [0, 0.05) is 29.3 Å². The summed E-state index contributed by atoms with van der Waals surface area (Å²) in [6, 6.07) is 6.51. The van der Waals surface area contributed by atoms with E-state index in [1.807, 2.05) is 18.2 Å². The maximum absolute atomic E-state index is 11.9. The largest absolute Gasteiger partial charge is 0.383 e. The lowest BCUT2D eigenvalue weighted by atomic mass is 10.1. The molecule has 0 fully saturated rings. The van der Waals surface area contributed by atoms with Crippen molar-refractivity contribution in [2.75, 3.05) is 23.4 Å². The second-order valence-electron chi connectivity index (χ2n) is 4.70. The van der Waals surface area contributed by atoms with E-state index in [4.69, 9.17) is 17.2 Å². The Labute approximate surface area is 125 Å². The molecule has 1 aromatic heterocycles. The van der Waals surface area contributed by atoms with Crippen LogP contribution in [0.5, 0.6) is 0 Å². The van der Waals surface area contributed by atoms with E-state index in [-0.39, 0.29) is 5.91 Å². The molecule has 0 saturated carbocycles. The zero-order valence-electron chi connectivity index (χ0n) is 11.3. The Morgan fingerprint density at radius 2 is 1.86 bits per heavy atom. The van der Waals surface area contributed by atoms with Gasteiger partial charge in [0.1, 0.15) is 17.7 Å². The highest BCUT2D eigenvalue weighted by Gasteiger charge is 2.32. The van der Waals surface area contributed by atoms with Gasteiger partial charge in [0.25, 0.3) is 0 Å². The number of fused-ring (bicyclic) bond motifs is 1. The zero-order chi connectivity index (χ0) is 15.1. The van der Waals surface area contributed by atoms with Gasteiger partial charge in [0.15, 0.2) is 5.16 Å². The maximum Gasteiger partial charge on any atom is 0.248 e. The summed E-state index contributed by atoms with van der Waals surface area (Å²) in [5.74, 6) is 0.526. The summed E-state index contributed by atoms with van der Waals surface area (Å²) >= 11 is 1.33. The van der Waals surface area contributed by atoms with Gasteiger partial charge in [-0.15, -0.1) is 0 Å². The summed E-state index contributed by atoms with van der Waals surface area (Å²) in [7, 11) is 1.71. The summed E-state index contributed by atoms with van der Waals surface area (Å²) in [4.78, 5) is 22.5. The number of aromatic nitrogens is 2. The van der Waals surface area contributed by atoms with Gasteiger partial charge < -0.3 is 22.1 Å². The number of nitrogens with zero attached hydrogens (tertiary/aromatic N) is 3. The van der Waals surface area contributed by atoms with Crippen LogP contribution in [0.25, 0.3) is 0 Å². The first-order chi connectivity index (χ1) is 9.95. The number of nitrogens with two attached hydrogens (primary N) is 3. The second-order valence-corrected chi connectivity index (χ2v) is 5.74. The lowest BCUT2D eigenvalue weighted by Gasteiger charge is -2.11. The maximum atomic E-state index is 11.9. The minimum absolute atomic E-state index is 0.114. The number of rotatable bonds is 2. The summed E-state index contributed by atoms with van der Waals surface area (Å²) < 4.78 is 0. The topological polar surface area (TPSA) is 124 Å². The van der Waals surface area contributed by atoms with Crippen molar-refractivity contribution in [1.82, 2.24) is 9.97 Å². The van der Waals surface area contributed by atoms with Crippen LogP contribution in [0.4, 0.5) is 17.3 Å². The van der Waals surface area contributed by atoms with Gasteiger partial charge in [-0.2, -0.15) is 0 Å². The average molecular weight is 302 g/mol. The van der Waals surface area contributed by atoms with Crippen LogP contribution >= 0.6 is 11.8 Å². The van der Waals surface area contributed by atoms with Gasteiger partial charge in [-0.3, -0.25) is 4.79 Å². The zero-order valence-corrected chi connectivity index (χ0v) is 12.1. The Morgan fingerprint density at radius 1 is 1.19 bits per heavy atom. The van der Waals surface area contributed by atoms with E-state index < -0.39 is 6.04 Å². The van der Waals surface area contributed by atoms with Crippen LogP contribution in [0.1, 0.15) is 11.6 Å². The molecule has 1 atom stereocenters. The molecule has 2 aromatic rings. The standard InChI is InChI=1S/C13H14N6OS/c1-19-8-4-6(2-3-7(8)11(16)12(19)20)21-13-17-9(14)5-10(15)18-13/h2-5,11H,16H2,1H3,(H4,14,15,17,18). The number of anilines is 3. The lowest BCUT2D eigenvalue weighted by Crippen LogP contribution is -2.27. The SMILES string of the molecule is CN1C(=O)C(N)c2ccc(Sc3nc(N)cc(N)n3)cc21. The first-order valence-electron chi connectivity index (χ1n) is 6.20. The summed E-state index contributed by atoms with van der Waals surface area (Å²) in [6.45, 7) is 0. The lowest BCUT2D eigenvalue weighted by molar-refractivity contribution is -0.118. The molecule has 8 heteroatoms. The first-order valence-corrected chi connectivity index (χ1v) is 7.02. The highest BCUT2D eigenvalue weighted by Crippen LogP contribution is 2.37. The molecule has 108 valence electrons.